The lowest BCUT2D eigenvalue weighted by atomic mass is 9.89. The van der Waals surface area contributed by atoms with Crippen molar-refractivity contribution in [2.75, 3.05) is 4.90 Å². The van der Waals surface area contributed by atoms with Crippen LogP contribution in [0.25, 0.3) is 90.9 Å². The normalized spacial score (nSPS) is 12.4. The Bertz CT molecular complexity index is 3450. The van der Waals surface area contributed by atoms with Crippen LogP contribution in [0.15, 0.2) is 206 Å². The number of benzene rings is 9. The molecule has 0 amide bonds. The van der Waals surface area contributed by atoms with Crippen molar-refractivity contribution in [3.8, 4) is 44.5 Å². The molecule has 2 heterocycles. The van der Waals surface area contributed by atoms with Gasteiger partial charge in [-0.15, -0.1) is 22.7 Å². The minimum Gasteiger partial charge on any atom is -0.309 e. The second kappa shape index (κ2) is 14.9. The molecule has 0 saturated heterocycles. The SMILES string of the molecule is C1=Cc2c(cccc2-c2ccc(-c3ccc(N(c4cccc5sc6cc(-c7ccccc7)ccc6c45)c4ccc(-c5ccccc5)c5sc6ccccc6c45)cc3)cc2)CC1. The minimum absolute atomic E-state index is 1.11. The summed E-state index contributed by atoms with van der Waals surface area (Å²) in [4.78, 5) is 2.52. The van der Waals surface area contributed by atoms with Crippen LogP contribution in [0.3, 0.4) is 0 Å². The van der Waals surface area contributed by atoms with Gasteiger partial charge in [0.1, 0.15) is 0 Å². The third-order valence-corrected chi connectivity index (χ3v) is 14.7. The first-order valence-electron chi connectivity index (χ1n) is 21.0. The van der Waals surface area contributed by atoms with Gasteiger partial charge in [-0.25, -0.2) is 0 Å². The molecule has 0 spiro atoms. The number of rotatable bonds is 7. The predicted molar refractivity (Wildman–Crippen MR) is 266 cm³/mol. The van der Waals surface area contributed by atoms with Crippen molar-refractivity contribution >= 4 is 86.2 Å². The highest BCUT2D eigenvalue weighted by Gasteiger charge is 2.24. The van der Waals surface area contributed by atoms with E-state index in [0.717, 1.165) is 18.5 Å². The van der Waals surface area contributed by atoms with E-state index in [9.17, 15) is 0 Å². The standard InChI is InChI=1S/C58H39NS2/c1-3-13-38(14-4-1)44-31-34-50-55(37-44)60-54-24-12-22-51(56(50)54)59(52-36-35-48(42-15-5-2-6-16-42)58-57(52)49-20-9-10-23-53(49)61-58)45-32-29-40(30-33-45)39-25-27-43(28-26-39)47-21-11-18-41-17-7-8-19-46(41)47/h1-6,8-16,18-37H,7,17H2. The van der Waals surface area contributed by atoms with Gasteiger partial charge in [0.05, 0.1) is 11.4 Å². The Morgan fingerprint density at radius 1 is 0.393 bits per heavy atom. The molecule has 0 radical (unpaired) electrons. The highest BCUT2D eigenvalue weighted by atomic mass is 32.1. The summed E-state index contributed by atoms with van der Waals surface area (Å²) in [6, 6.07) is 74.0. The Hall–Kier alpha value is -7.04. The Morgan fingerprint density at radius 2 is 1.02 bits per heavy atom. The van der Waals surface area contributed by atoms with E-state index in [0.29, 0.717) is 0 Å². The molecule has 0 fully saturated rings. The van der Waals surface area contributed by atoms with Crippen molar-refractivity contribution < 1.29 is 0 Å². The number of hydrogen-bond donors (Lipinski definition) is 0. The van der Waals surface area contributed by atoms with Gasteiger partial charge in [-0.1, -0.05) is 170 Å². The van der Waals surface area contributed by atoms with Crippen molar-refractivity contribution in [2.45, 2.75) is 12.8 Å². The van der Waals surface area contributed by atoms with Crippen molar-refractivity contribution in [3.63, 3.8) is 0 Å². The fourth-order valence-corrected chi connectivity index (χ4v) is 11.8. The second-order valence-corrected chi connectivity index (χ2v) is 18.0. The van der Waals surface area contributed by atoms with Crippen LogP contribution < -0.4 is 4.90 Å². The molecule has 0 atom stereocenters. The van der Waals surface area contributed by atoms with Crippen LogP contribution in [0.1, 0.15) is 17.5 Å². The van der Waals surface area contributed by atoms with Gasteiger partial charge in [-0.3, -0.25) is 0 Å². The van der Waals surface area contributed by atoms with Crippen molar-refractivity contribution in [2.24, 2.45) is 0 Å². The summed E-state index contributed by atoms with van der Waals surface area (Å²) in [5.74, 6) is 0. The second-order valence-electron chi connectivity index (χ2n) is 15.9. The number of fused-ring (bicyclic) bond motifs is 7. The van der Waals surface area contributed by atoms with Crippen LogP contribution >= 0.6 is 22.7 Å². The average Bonchev–Trinajstić information content (AvgIpc) is 3.92. The first kappa shape index (κ1) is 35.9. The first-order chi connectivity index (χ1) is 30.2. The molecule has 0 unspecified atom stereocenters. The molecular weight excluding hydrogens is 775 g/mol. The molecule has 9 aromatic carbocycles. The van der Waals surface area contributed by atoms with Gasteiger partial charge in [-0.05, 0) is 111 Å². The van der Waals surface area contributed by atoms with Crippen molar-refractivity contribution in [3.05, 3.63) is 217 Å². The predicted octanol–water partition coefficient (Wildman–Crippen LogP) is 17.5. The maximum atomic E-state index is 2.52. The topological polar surface area (TPSA) is 3.24 Å². The monoisotopic (exact) mass is 813 g/mol. The highest BCUT2D eigenvalue weighted by Crippen LogP contribution is 2.51. The quantitative estimate of drug-likeness (QED) is 0.155. The summed E-state index contributed by atoms with van der Waals surface area (Å²) in [7, 11) is 0. The average molecular weight is 814 g/mol. The number of allylic oxidation sites excluding steroid dienone is 1. The number of aryl methyl sites for hydroxylation is 1. The lowest BCUT2D eigenvalue weighted by molar-refractivity contribution is 0.986. The van der Waals surface area contributed by atoms with Gasteiger partial charge >= 0.3 is 0 Å². The van der Waals surface area contributed by atoms with Gasteiger partial charge < -0.3 is 4.90 Å². The molecule has 288 valence electrons. The van der Waals surface area contributed by atoms with E-state index in [4.69, 9.17) is 0 Å². The lowest BCUT2D eigenvalue weighted by Gasteiger charge is -2.28. The molecule has 61 heavy (non-hydrogen) atoms. The van der Waals surface area contributed by atoms with E-state index in [1.54, 1.807) is 0 Å². The summed E-state index contributed by atoms with van der Waals surface area (Å²) in [6.07, 6.45) is 6.83. The van der Waals surface area contributed by atoms with E-state index >= 15 is 0 Å². The molecule has 1 nitrogen and oxygen atoms in total. The van der Waals surface area contributed by atoms with E-state index in [-0.39, 0.29) is 0 Å². The van der Waals surface area contributed by atoms with Gasteiger partial charge in [0.2, 0.25) is 0 Å². The van der Waals surface area contributed by atoms with Crippen LogP contribution in [0.2, 0.25) is 0 Å². The number of nitrogens with zero attached hydrogens (tertiary/aromatic N) is 1. The molecule has 0 bridgehead atoms. The fraction of sp³-hybridized carbons (Fsp3) is 0.0345. The third kappa shape index (κ3) is 6.20. The van der Waals surface area contributed by atoms with E-state index in [1.165, 1.54) is 107 Å². The van der Waals surface area contributed by atoms with Crippen LogP contribution in [0.5, 0.6) is 0 Å². The van der Waals surface area contributed by atoms with E-state index in [2.05, 4.69) is 217 Å². The Morgan fingerprint density at radius 3 is 1.84 bits per heavy atom. The molecule has 0 aliphatic heterocycles. The largest absolute Gasteiger partial charge is 0.309 e. The zero-order chi connectivity index (χ0) is 40.3. The van der Waals surface area contributed by atoms with Crippen LogP contribution in [-0.2, 0) is 6.42 Å². The van der Waals surface area contributed by atoms with Gasteiger partial charge in [0.15, 0.2) is 0 Å². The summed E-state index contributed by atoms with van der Waals surface area (Å²) in [5.41, 5.74) is 16.2. The fourth-order valence-electron chi connectivity index (χ4n) is 9.42. The van der Waals surface area contributed by atoms with Crippen LogP contribution in [0, 0.1) is 0 Å². The van der Waals surface area contributed by atoms with Crippen LogP contribution in [0.4, 0.5) is 17.1 Å². The molecule has 1 aliphatic carbocycles. The Kier molecular flexibility index (Phi) is 8.76. The Balaban J connectivity index is 1.03. The number of hydrogen-bond acceptors (Lipinski definition) is 3. The number of anilines is 3. The molecule has 0 saturated carbocycles. The molecular formula is C58H39NS2. The minimum atomic E-state index is 1.11. The Labute approximate surface area is 363 Å². The van der Waals surface area contributed by atoms with Crippen LogP contribution in [-0.4, -0.2) is 0 Å². The van der Waals surface area contributed by atoms with Gasteiger partial charge in [0, 0.05) is 46.0 Å². The summed E-state index contributed by atoms with van der Waals surface area (Å²) >= 11 is 3.77. The zero-order valence-electron chi connectivity index (χ0n) is 33.4. The molecule has 3 heteroatoms. The molecule has 2 aromatic heterocycles. The van der Waals surface area contributed by atoms with E-state index in [1.807, 2.05) is 22.7 Å². The molecule has 1 aliphatic rings. The zero-order valence-corrected chi connectivity index (χ0v) is 35.0. The maximum Gasteiger partial charge on any atom is 0.0555 e. The van der Waals surface area contributed by atoms with Gasteiger partial charge in [-0.2, -0.15) is 0 Å². The maximum absolute atomic E-state index is 2.52. The molecule has 0 N–H and O–H groups in total. The van der Waals surface area contributed by atoms with Crippen molar-refractivity contribution in [1.82, 2.24) is 0 Å². The third-order valence-electron chi connectivity index (χ3n) is 12.4. The highest BCUT2D eigenvalue weighted by molar-refractivity contribution is 7.26. The smallest absolute Gasteiger partial charge is 0.0555 e. The molecule has 11 aromatic rings. The van der Waals surface area contributed by atoms with Gasteiger partial charge in [0.25, 0.3) is 0 Å². The lowest BCUT2D eigenvalue weighted by Crippen LogP contribution is -2.11. The van der Waals surface area contributed by atoms with Crippen molar-refractivity contribution in [1.29, 1.82) is 0 Å². The first-order valence-corrected chi connectivity index (χ1v) is 22.7. The summed E-state index contributed by atoms with van der Waals surface area (Å²) in [5, 5.41) is 5.11. The summed E-state index contributed by atoms with van der Waals surface area (Å²) in [6.45, 7) is 0. The number of thiophene rings is 2. The summed E-state index contributed by atoms with van der Waals surface area (Å²) < 4.78 is 5.17. The van der Waals surface area contributed by atoms with E-state index < -0.39 is 0 Å². The molecule has 12 rings (SSSR count).